The maximum absolute atomic E-state index is 3.46. The van der Waals surface area contributed by atoms with Crippen molar-refractivity contribution >= 4 is 27.3 Å². The van der Waals surface area contributed by atoms with Gasteiger partial charge in [0.15, 0.2) is 0 Å². The fourth-order valence-electron chi connectivity index (χ4n) is 1.21. The van der Waals surface area contributed by atoms with Crippen molar-refractivity contribution in [2.75, 3.05) is 7.05 Å². The minimum Gasteiger partial charge on any atom is -0.317 e. The third-order valence-electron chi connectivity index (χ3n) is 2.17. The SMILES string of the molecule is CNC(C)CCCc1cc(Br)cs1. The third-order valence-corrected chi connectivity index (χ3v) is 3.93. The Kier molecular flexibility index (Phi) is 4.99. The van der Waals surface area contributed by atoms with Crippen molar-refractivity contribution in [1.29, 1.82) is 0 Å². The van der Waals surface area contributed by atoms with E-state index in [0.717, 1.165) is 0 Å². The van der Waals surface area contributed by atoms with Gasteiger partial charge >= 0.3 is 0 Å². The molecule has 1 aromatic heterocycles. The van der Waals surface area contributed by atoms with Crippen molar-refractivity contribution in [3.8, 4) is 0 Å². The van der Waals surface area contributed by atoms with Crippen molar-refractivity contribution < 1.29 is 0 Å². The Labute approximate surface area is 92.7 Å². The Bertz CT molecular complexity index is 247. The molecule has 1 atom stereocenters. The lowest BCUT2D eigenvalue weighted by Crippen LogP contribution is -2.20. The molecule has 0 aliphatic rings. The van der Waals surface area contributed by atoms with Crippen LogP contribution in [-0.4, -0.2) is 13.1 Å². The van der Waals surface area contributed by atoms with Crippen LogP contribution in [0.25, 0.3) is 0 Å². The molecule has 0 aliphatic carbocycles. The summed E-state index contributed by atoms with van der Waals surface area (Å²) >= 11 is 5.31. The summed E-state index contributed by atoms with van der Waals surface area (Å²) in [5.74, 6) is 0. The zero-order chi connectivity index (χ0) is 9.68. The molecule has 0 saturated carbocycles. The maximum atomic E-state index is 3.46. The second kappa shape index (κ2) is 5.78. The Morgan fingerprint density at radius 3 is 2.92 bits per heavy atom. The van der Waals surface area contributed by atoms with E-state index in [1.165, 1.54) is 28.6 Å². The molecule has 1 heterocycles. The average molecular weight is 262 g/mol. The summed E-state index contributed by atoms with van der Waals surface area (Å²) in [5, 5.41) is 5.40. The van der Waals surface area contributed by atoms with Crippen LogP contribution in [0.4, 0.5) is 0 Å². The first kappa shape index (κ1) is 11.2. The number of hydrogen-bond acceptors (Lipinski definition) is 2. The predicted octanol–water partition coefficient (Wildman–Crippen LogP) is 3.44. The summed E-state index contributed by atoms with van der Waals surface area (Å²) < 4.78 is 1.22. The average Bonchev–Trinajstić information content (AvgIpc) is 2.51. The monoisotopic (exact) mass is 261 g/mol. The van der Waals surface area contributed by atoms with Crippen LogP contribution in [0.2, 0.25) is 0 Å². The number of aryl methyl sites for hydroxylation is 1. The second-order valence-electron chi connectivity index (χ2n) is 3.31. The molecule has 3 heteroatoms. The third kappa shape index (κ3) is 4.25. The summed E-state index contributed by atoms with van der Waals surface area (Å²) in [6, 6.07) is 2.86. The zero-order valence-electron chi connectivity index (χ0n) is 8.14. The molecule has 0 spiro atoms. The quantitative estimate of drug-likeness (QED) is 0.857. The Hall–Kier alpha value is 0.140. The number of halogens is 1. The van der Waals surface area contributed by atoms with E-state index in [0.29, 0.717) is 6.04 Å². The van der Waals surface area contributed by atoms with E-state index in [1.54, 1.807) is 0 Å². The van der Waals surface area contributed by atoms with E-state index in [1.807, 2.05) is 18.4 Å². The van der Waals surface area contributed by atoms with Crippen LogP contribution in [0.5, 0.6) is 0 Å². The van der Waals surface area contributed by atoms with Gasteiger partial charge in [-0.1, -0.05) is 0 Å². The number of rotatable bonds is 5. The van der Waals surface area contributed by atoms with Gasteiger partial charge in [0.2, 0.25) is 0 Å². The summed E-state index contributed by atoms with van der Waals surface area (Å²) in [4.78, 5) is 1.48. The molecular formula is C10H16BrNS. The molecule has 1 nitrogen and oxygen atoms in total. The topological polar surface area (TPSA) is 12.0 Å². The van der Waals surface area contributed by atoms with Crippen LogP contribution >= 0.6 is 27.3 Å². The van der Waals surface area contributed by atoms with E-state index in [-0.39, 0.29) is 0 Å². The van der Waals surface area contributed by atoms with Gasteiger partial charge in [0.25, 0.3) is 0 Å². The van der Waals surface area contributed by atoms with Crippen molar-refractivity contribution in [3.63, 3.8) is 0 Å². The van der Waals surface area contributed by atoms with Gasteiger partial charge < -0.3 is 5.32 Å². The minimum absolute atomic E-state index is 0.642. The molecule has 0 bridgehead atoms. The lowest BCUT2D eigenvalue weighted by Gasteiger charge is -2.08. The Morgan fingerprint density at radius 2 is 2.38 bits per heavy atom. The molecule has 0 radical (unpaired) electrons. The molecule has 74 valence electrons. The van der Waals surface area contributed by atoms with E-state index < -0.39 is 0 Å². The highest BCUT2D eigenvalue weighted by atomic mass is 79.9. The van der Waals surface area contributed by atoms with Gasteiger partial charge in [-0.15, -0.1) is 11.3 Å². The van der Waals surface area contributed by atoms with Gasteiger partial charge in [-0.25, -0.2) is 0 Å². The molecule has 13 heavy (non-hydrogen) atoms. The predicted molar refractivity (Wildman–Crippen MR) is 63.5 cm³/mol. The molecule has 0 aliphatic heterocycles. The summed E-state index contributed by atoms with van der Waals surface area (Å²) in [6.07, 6.45) is 3.74. The van der Waals surface area contributed by atoms with Crippen molar-refractivity contribution in [2.24, 2.45) is 0 Å². The minimum atomic E-state index is 0.642. The molecule has 1 unspecified atom stereocenters. The van der Waals surface area contributed by atoms with Crippen molar-refractivity contribution in [2.45, 2.75) is 32.2 Å². The second-order valence-corrected chi connectivity index (χ2v) is 5.22. The number of thiophene rings is 1. The normalized spacial score (nSPS) is 13.2. The fourth-order valence-corrected chi connectivity index (χ4v) is 2.71. The first-order valence-electron chi connectivity index (χ1n) is 4.62. The summed E-state index contributed by atoms with van der Waals surface area (Å²) in [7, 11) is 2.02. The number of nitrogens with one attached hydrogen (secondary N) is 1. The van der Waals surface area contributed by atoms with Crippen LogP contribution in [-0.2, 0) is 6.42 Å². The standard InChI is InChI=1S/C10H16BrNS/c1-8(12-2)4-3-5-10-6-9(11)7-13-10/h6-8,12H,3-5H2,1-2H3. The maximum Gasteiger partial charge on any atom is 0.0285 e. The fraction of sp³-hybridized carbons (Fsp3) is 0.600. The Balaban J connectivity index is 2.20. The molecule has 0 amide bonds. The largest absolute Gasteiger partial charge is 0.317 e. The lowest BCUT2D eigenvalue weighted by atomic mass is 10.1. The highest BCUT2D eigenvalue weighted by Crippen LogP contribution is 2.21. The van der Waals surface area contributed by atoms with E-state index in [4.69, 9.17) is 0 Å². The lowest BCUT2D eigenvalue weighted by molar-refractivity contribution is 0.543. The molecular weight excluding hydrogens is 246 g/mol. The summed E-state index contributed by atoms with van der Waals surface area (Å²) in [6.45, 7) is 2.23. The van der Waals surface area contributed by atoms with Crippen molar-refractivity contribution in [3.05, 3.63) is 20.8 Å². The molecule has 1 N–H and O–H groups in total. The van der Waals surface area contributed by atoms with Gasteiger partial charge in [-0.3, -0.25) is 0 Å². The van der Waals surface area contributed by atoms with Crippen molar-refractivity contribution in [1.82, 2.24) is 5.32 Å². The van der Waals surface area contributed by atoms with E-state index in [2.05, 4.69) is 39.6 Å². The molecule has 0 aromatic carbocycles. The van der Waals surface area contributed by atoms with Crippen LogP contribution < -0.4 is 5.32 Å². The van der Waals surface area contributed by atoms with Gasteiger partial charge in [0, 0.05) is 20.8 Å². The van der Waals surface area contributed by atoms with Crippen LogP contribution in [0.15, 0.2) is 15.9 Å². The van der Waals surface area contributed by atoms with Gasteiger partial charge in [0.05, 0.1) is 0 Å². The van der Waals surface area contributed by atoms with Gasteiger partial charge in [-0.2, -0.15) is 0 Å². The first-order valence-corrected chi connectivity index (χ1v) is 6.30. The zero-order valence-corrected chi connectivity index (χ0v) is 10.5. The molecule has 1 aromatic rings. The first-order chi connectivity index (χ1) is 6.22. The van der Waals surface area contributed by atoms with Crippen LogP contribution in [0.3, 0.4) is 0 Å². The van der Waals surface area contributed by atoms with Crippen LogP contribution in [0, 0.1) is 0 Å². The number of hydrogen-bond donors (Lipinski definition) is 1. The van der Waals surface area contributed by atoms with Crippen LogP contribution in [0.1, 0.15) is 24.6 Å². The van der Waals surface area contributed by atoms with Gasteiger partial charge in [0.1, 0.15) is 0 Å². The Morgan fingerprint density at radius 1 is 1.62 bits per heavy atom. The van der Waals surface area contributed by atoms with Gasteiger partial charge in [-0.05, 0) is 55.2 Å². The van der Waals surface area contributed by atoms with E-state index in [9.17, 15) is 0 Å². The molecule has 1 rings (SSSR count). The smallest absolute Gasteiger partial charge is 0.0285 e. The highest BCUT2D eigenvalue weighted by Gasteiger charge is 2.00. The summed E-state index contributed by atoms with van der Waals surface area (Å²) in [5.41, 5.74) is 0. The molecule has 0 fully saturated rings. The molecule has 0 saturated heterocycles. The highest BCUT2D eigenvalue weighted by molar-refractivity contribution is 9.10. The van der Waals surface area contributed by atoms with E-state index >= 15 is 0 Å².